The van der Waals surface area contributed by atoms with Crippen LogP contribution in [-0.2, 0) is 6.54 Å². The maximum absolute atomic E-state index is 5.94. The number of hydrogen-bond donors (Lipinski definition) is 1. The quantitative estimate of drug-likeness (QED) is 0.741. The lowest BCUT2D eigenvalue weighted by molar-refractivity contribution is 0.173. The fourth-order valence-corrected chi connectivity index (χ4v) is 2.31. The van der Waals surface area contributed by atoms with Crippen molar-refractivity contribution < 1.29 is 14.2 Å². The summed E-state index contributed by atoms with van der Waals surface area (Å²) in [7, 11) is 0. The van der Waals surface area contributed by atoms with Crippen molar-refractivity contribution in [1.29, 1.82) is 0 Å². The molecule has 0 aromatic heterocycles. The fraction of sp³-hybridized carbons (Fsp3) is 0.625. The molecule has 1 aromatic rings. The van der Waals surface area contributed by atoms with E-state index in [2.05, 4.69) is 12.2 Å². The second kappa shape index (κ2) is 6.35. The van der Waals surface area contributed by atoms with Crippen LogP contribution in [0.1, 0.15) is 44.6 Å². The third-order valence-corrected chi connectivity index (χ3v) is 3.72. The summed E-state index contributed by atoms with van der Waals surface area (Å²) in [6.45, 7) is 4.12. The summed E-state index contributed by atoms with van der Waals surface area (Å²) < 4.78 is 16.8. The Kier molecular flexibility index (Phi) is 4.31. The summed E-state index contributed by atoms with van der Waals surface area (Å²) in [5.74, 6) is 2.56. The summed E-state index contributed by atoms with van der Waals surface area (Å²) in [4.78, 5) is 0. The Morgan fingerprint density at radius 2 is 2.00 bits per heavy atom. The van der Waals surface area contributed by atoms with Crippen LogP contribution in [0.15, 0.2) is 12.1 Å². The van der Waals surface area contributed by atoms with Gasteiger partial charge in [0.05, 0.1) is 6.61 Å². The number of benzene rings is 1. The van der Waals surface area contributed by atoms with E-state index in [0.29, 0.717) is 12.8 Å². The molecule has 0 radical (unpaired) electrons. The average molecular weight is 277 g/mol. The molecule has 4 heteroatoms. The Hall–Kier alpha value is -1.42. The largest absolute Gasteiger partial charge is 0.493 e. The maximum Gasteiger partial charge on any atom is 0.231 e. The zero-order valence-electron chi connectivity index (χ0n) is 12.1. The summed E-state index contributed by atoms with van der Waals surface area (Å²) in [6.07, 6.45) is 6.09. The minimum atomic E-state index is 0.310. The molecular formula is C16H23NO3. The van der Waals surface area contributed by atoms with E-state index in [1.165, 1.54) is 25.7 Å². The topological polar surface area (TPSA) is 39.7 Å². The molecule has 1 heterocycles. The van der Waals surface area contributed by atoms with E-state index in [9.17, 15) is 0 Å². The van der Waals surface area contributed by atoms with Crippen molar-refractivity contribution in [2.45, 2.75) is 51.6 Å². The van der Waals surface area contributed by atoms with Crippen LogP contribution in [0.2, 0.25) is 0 Å². The molecule has 0 amide bonds. The number of rotatable bonds is 8. The average Bonchev–Trinajstić information content (AvgIpc) is 3.18. The van der Waals surface area contributed by atoms with E-state index in [4.69, 9.17) is 14.2 Å². The van der Waals surface area contributed by atoms with Crippen LogP contribution in [0.5, 0.6) is 17.2 Å². The van der Waals surface area contributed by atoms with Crippen molar-refractivity contribution >= 4 is 0 Å². The first kappa shape index (κ1) is 13.6. The highest BCUT2D eigenvalue weighted by atomic mass is 16.7. The maximum atomic E-state index is 5.94. The first-order valence-corrected chi connectivity index (χ1v) is 7.65. The van der Waals surface area contributed by atoms with Gasteiger partial charge < -0.3 is 19.5 Å². The number of ether oxygens (including phenoxy) is 3. The van der Waals surface area contributed by atoms with Crippen molar-refractivity contribution in [2.24, 2.45) is 0 Å². The molecule has 0 bridgehead atoms. The molecule has 110 valence electrons. The molecule has 1 fully saturated rings. The van der Waals surface area contributed by atoms with Gasteiger partial charge in [0.1, 0.15) is 5.75 Å². The van der Waals surface area contributed by atoms with Crippen molar-refractivity contribution in [3.63, 3.8) is 0 Å². The fourth-order valence-electron chi connectivity index (χ4n) is 2.31. The Morgan fingerprint density at radius 1 is 1.20 bits per heavy atom. The molecule has 0 spiro atoms. The number of hydrogen-bond acceptors (Lipinski definition) is 4. The van der Waals surface area contributed by atoms with Crippen LogP contribution < -0.4 is 19.5 Å². The molecule has 0 unspecified atom stereocenters. The minimum Gasteiger partial charge on any atom is -0.493 e. The highest BCUT2D eigenvalue weighted by Crippen LogP contribution is 2.38. The van der Waals surface area contributed by atoms with Gasteiger partial charge >= 0.3 is 0 Å². The van der Waals surface area contributed by atoms with Crippen molar-refractivity contribution in [2.75, 3.05) is 13.4 Å². The summed E-state index contributed by atoms with van der Waals surface area (Å²) in [5, 5.41) is 3.53. The molecule has 1 aromatic carbocycles. The van der Waals surface area contributed by atoms with Gasteiger partial charge in [0.15, 0.2) is 11.5 Å². The van der Waals surface area contributed by atoms with Gasteiger partial charge in [-0.2, -0.15) is 0 Å². The predicted octanol–water partition coefficient (Wildman–Crippen LogP) is 3.24. The molecule has 0 atom stereocenters. The summed E-state index contributed by atoms with van der Waals surface area (Å²) >= 11 is 0. The van der Waals surface area contributed by atoms with Crippen LogP contribution >= 0.6 is 0 Å². The third kappa shape index (κ3) is 3.37. The lowest BCUT2D eigenvalue weighted by Gasteiger charge is -2.13. The van der Waals surface area contributed by atoms with E-state index in [1.807, 2.05) is 12.1 Å². The molecule has 3 rings (SSSR count). The van der Waals surface area contributed by atoms with Crippen molar-refractivity contribution in [3.05, 3.63) is 17.7 Å². The van der Waals surface area contributed by atoms with Crippen molar-refractivity contribution in [1.82, 2.24) is 5.32 Å². The van der Waals surface area contributed by atoms with E-state index in [-0.39, 0.29) is 0 Å². The molecule has 20 heavy (non-hydrogen) atoms. The molecule has 4 nitrogen and oxygen atoms in total. The van der Waals surface area contributed by atoms with E-state index >= 15 is 0 Å². The van der Waals surface area contributed by atoms with Gasteiger partial charge in [-0.1, -0.05) is 19.8 Å². The zero-order chi connectivity index (χ0) is 13.8. The summed E-state index contributed by atoms with van der Waals surface area (Å²) in [5.41, 5.74) is 1.16. The summed E-state index contributed by atoms with van der Waals surface area (Å²) in [6, 6.07) is 4.71. The third-order valence-electron chi connectivity index (χ3n) is 3.72. The van der Waals surface area contributed by atoms with Gasteiger partial charge in [-0.25, -0.2) is 0 Å². The number of nitrogens with one attached hydrogen (secondary N) is 1. The van der Waals surface area contributed by atoms with Gasteiger partial charge in [0.25, 0.3) is 0 Å². The Morgan fingerprint density at radius 3 is 2.75 bits per heavy atom. The molecule has 1 aliphatic heterocycles. The molecule has 1 N–H and O–H groups in total. The predicted molar refractivity (Wildman–Crippen MR) is 77.4 cm³/mol. The molecule has 1 aliphatic carbocycles. The van der Waals surface area contributed by atoms with Crippen LogP contribution in [0.4, 0.5) is 0 Å². The van der Waals surface area contributed by atoms with Gasteiger partial charge in [-0.3, -0.25) is 0 Å². The van der Waals surface area contributed by atoms with Crippen molar-refractivity contribution in [3.8, 4) is 17.2 Å². The number of unbranched alkanes of at least 4 members (excludes halogenated alkanes) is 2. The first-order valence-electron chi connectivity index (χ1n) is 7.65. The van der Waals surface area contributed by atoms with Gasteiger partial charge in [0, 0.05) is 24.2 Å². The first-order chi connectivity index (χ1) is 9.86. The molecular weight excluding hydrogens is 254 g/mol. The molecule has 2 aliphatic rings. The minimum absolute atomic E-state index is 0.310. The van der Waals surface area contributed by atoms with Crippen LogP contribution in [-0.4, -0.2) is 19.4 Å². The standard InChI is InChI=1S/C16H23NO3/c1-2-3-4-7-18-14-9-16-15(19-11-20-16)8-12(14)10-17-13-5-6-13/h8-9,13,17H,2-7,10-11H2,1H3. The lowest BCUT2D eigenvalue weighted by atomic mass is 10.1. The van der Waals surface area contributed by atoms with E-state index < -0.39 is 0 Å². The molecule has 0 saturated heterocycles. The highest BCUT2D eigenvalue weighted by Gasteiger charge is 2.22. The smallest absolute Gasteiger partial charge is 0.231 e. The van der Waals surface area contributed by atoms with Gasteiger partial charge in [-0.05, 0) is 25.3 Å². The van der Waals surface area contributed by atoms with E-state index in [1.54, 1.807) is 0 Å². The number of fused-ring (bicyclic) bond motifs is 1. The lowest BCUT2D eigenvalue weighted by Crippen LogP contribution is -2.16. The Labute approximate surface area is 120 Å². The Balaban J connectivity index is 1.67. The second-order valence-electron chi connectivity index (χ2n) is 5.52. The molecule has 1 saturated carbocycles. The highest BCUT2D eigenvalue weighted by molar-refractivity contribution is 5.51. The normalized spacial score (nSPS) is 16.4. The van der Waals surface area contributed by atoms with E-state index in [0.717, 1.165) is 42.4 Å². The zero-order valence-corrected chi connectivity index (χ0v) is 12.1. The van der Waals surface area contributed by atoms with Crippen LogP contribution in [0.25, 0.3) is 0 Å². The second-order valence-corrected chi connectivity index (χ2v) is 5.52. The van der Waals surface area contributed by atoms with Gasteiger partial charge in [0.2, 0.25) is 6.79 Å². The monoisotopic (exact) mass is 277 g/mol. The SMILES string of the molecule is CCCCCOc1cc2c(cc1CNC1CC1)OCO2. The van der Waals surface area contributed by atoms with Crippen LogP contribution in [0.3, 0.4) is 0 Å². The Bertz CT molecular complexity index is 457. The van der Waals surface area contributed by atoms with Gasteiger partial charge in [-0.15, -0.1) is 0 Å². The van der Waals surface area contributed by atoms with Crippen LogP contribution in [0, 0.1) is 0 Å².